The predicted molar refractivity (Wildman–Crippen MR) is 58.1 cm³/mol. The number of nitrogens with zero attached hydrogens (tertiary/aromatic N) is 2. The number of anilines is 1. The molecule has 1 aromatic carbocycles. The molecule has 0 aliphatic rings. The third kappa shape index (κ3) is 2.52. The van der Waals surface area contributed by atoms with Gasteiger partial charge < -0.3 is 5.73 Å². The molecule has 0 bridgehead atoms. The number of hydrogen-bond acceptors (Lipinski definition) is 4. The average molecular weight is 241 g/mol. The summed E-state index contributed by atoms with van der Waals surface area (Å²) in [5, 5.41) is 8.73. The Bertz CT molecular complexity index is 499. The Hall–Kier alpha value is -1.56. The van der Waals surface area contributed by atoms with Gasteiger partial charge in [-0.1, -0.05) is 17.4 Å². The summed E-state index contributed by atoms with van der Waals surface area (Å²) in [5.74, 6) is -1.65. The Morgan fingerprint density at radius 2 is 1.94 bits per heavy atom. The van der Waals surface area contributed by atoms with E-state index in [-0.39, 0.29) is 0 Å². The maximum atomic E-state index is 12.9. The molecule has 0 atom stereocenters. The average Bonchev–Trinajstić information content (AvgIpc) is 2.66. The summed E-state index contributed by atoms with van der Waals surface area (Å²) < 4.78 is 25.5. The first-order chi connectivity index (χ1) is 7.65. The lowest BCUT2D eigenvalue weighted by atomic mass is 10.1. The van der Waals surface area contributed by atoms with Crippen LogP contribution in [0.25, 0.3) is 0 Å². The lowest BCUT2D eigenvalue weighted by molar-refractivity contribution is 0.507. The van der Waals surface area contributed by atoms with Gasteiger partial charge >= 0.3 is 0 Å². The van der Waals surface area contributed by atoms with Gasteiger partial charge in [-0.25, -0.2) is 8.78 Å². The molecule has 0 amide bonds. The third-order valence-corrected chi connectivity index (χ3v) is 2.91. The molecule has 1 heterocycles. The maximum Gasteiger partial charge on any atom is 0.203 e. The SMILES string of the molecule is Nc1nnc(CCc2ccc(F)c(F)c2)s1. The first kappa shape index (κ1) is 10.9. The van der Waals surface area contributed by atoms with E-state index in [1.807, 2.05) is 0 Å². The van der Waals surface area contributed by atoms with Crippen LogP contribution in [0, 0.1) is 11.6 Å². The predicted octanol–water partition coefficient (Wildman–Crippen LogP) is 2.18. The van der Waals surface area contributed by atoms with E-state index in [1.54, 1.807) is 6.07 Å². The van der Waals surface area contributed by atoms with Crippen LogP contribution in [0.5, 0.6) is 0 Å². The quantitative estimate of drug-likeness (QED) is 0.896. The van der Waals surface area contributed by atoms with Crippen molar-refractivity contribution in [3.05, 3.63) is 40.4 Å². The van der Waals surface area contributed by atoms with Crippen LogP contribution in [0.15, 0.2) is 18.2 Å². The van der Waals surface area contributed by atoms with Crippen LogP contribution in [0.2, 0.25) is 0 Å². The van der Waals surface area contributed by atoms with Gasteiger partial charge in [0.15, 0.2) is 11.6 Å². The van der Waals surface area contributed by atoms with Crippen molar-refractivity contribution < 1.29 is 8.78 Å². The monoisotopic (exact) mass is 241 g/mol. The molecule has 0 aliphatic carbocycles. The summed E-state index contributed by atoms with van der Waals surface area (Å²) in [6, 6.07) is 3.88. The summed E-state index contributed by atoms with van der Waals surface area (Å²) in [6.45, 7) is 0. The lowest BCUT2D eigenvalue weighted by Crippen LogP contribution is -1.93. The molecule has 2 N–H and O–H groups in total. The minimum absolute atomic E-state index is 0.417. The van der Waals surface area contributed by atoms with Gasteiger partial charge in [-0.15, -0.1) is 10.2 Å². The summed E-state index contributed by atoms with van der Waals surface area (Å²) in [4.78, 5) is 0. The van der Waals surface area contributed by atoms with Gasteiger partial charge in [0.2, 0.25) is 5.13 Å². The Kier molecular flexibility index (Phi) is 3.09. The zero-order valence-electron chi connectivity index (χ0n) is 8.28. The van der Waals surface area contributed by atoms with Gasteiger partial charge in [0.05, 0.1) is 0 Å². The summed E-state index contributed by atoms with van der Waals surface area (Å²) in [7, 11) is 0. The highest BCUT2D eigenvalue weighted by Gasteiger charge is 2.05. The first-order valence-corrected chi connectivity index (χ1v) is 5.48. The molecule has 0 spiro atoms. The molecule has 2 aromatic rings. The van der Waals surface area contributed by atoms with E-state index in [1.165, 1.54) is 17.4 Å². The highest BCUT2D eigenvalue weighted by molar-refractivity contribution is 7.15. The van der Waals surface area contributed by atoms with Crippen LogP contribution in [0.3, 0.4) is 0 Å². The molecular formula is C10H9F2N3S. The molecule has 0 fully saturated rings. The van der Waals surface area contributed by atoms with E-state index >= 15 is 0 Å². The van der Waals surface area contributed by atoms with E-state index in [0.717, 1.165) is 16.6 Å². The second-order valence-corrected chi connectivity index (χ2v) is 4.38. The number of aryl methyl sites for hydroxylation is 2. The van der Waals surface area contributed by atoms with E-state index in [4.69, 9.17) is 5.73 Å². The van der Waals surface area contributed by atoms with Crippen molar-refractivity contribution >= 4 is 16.5 Å². The number of hydrogen-bond donors (Lipinski definition) is 1. The third-order valence-electron chi connectivity index (χ3n) is 2.09. The van der Waals surface area contributed by atoms with Crippen LogP contribution in [0.1, 0.15) is 10.6 Å². The van der Waals surface area contributed by atoms with Gasteiger partial charge in [0.25, 0.3) is 0 Å². The molecule has 6 heteroatoms. The molecule has 3 nitrogen and oxygen atoms in total. The summed E-state index contributed by atoms with van der Waals surface area (Å²) in [6.07, 6.45) is 1.21. The number of aromatic nitrogens is 2. The van der Waals surface area contributed by atoms with Crippen molar-refractivity contribution in [2.45, 2.75) is 12.8 Å². The van der Waals surface area contributed by atoms with Crippen molar-refractivity contribution in [2.24, 2.45) is 0 Å². The van der Waals surface area contributed by atoms with Crippen LogP contribution < -0.4 is 5.73 Å². The van der Waals surface area contributed by atoms with E-state index in [0.29, 0.717) is 18.0 Å². The van der Waals surface area contributed by atoms with Gasteiger partial charge in [0, 0.05) is 6.42 Å². The molecule has 16 heavy (non-hydrogen) atoms. The van der Waals surface area contributed by atoms with Crippen LogP contribution in [0.4, 0.5) is 13.9 Å². The smallest absolute Gasteiger partial charge is 0.203 e. The number of halogens is 2. The maximum absolute atomic E-state index is 12.9. The second kappa shape index (κ2) is 4.52. The number of benzene rings is 1. The fraction of sp³-hybridized carbons (Fsp3) is 0.200. The molecule has 0 saturated carbocycles. The first-order valence-electron chi connectivity index (χ1n) is 4.67. The molecule has 1 aromatic heterocycles. The van der Waals surface area contributed by atoms with E-state index < -0.39 is 11.6 Å². The fourth-order valence-electron chi connectivity index (χ4n) is 1.31. The molecule has 0 unspecified atom stereocenters. The Morgan fingerprint density at radius 3 is 2.56 bits per heavy atom. The fourth-order valence-corrected chi connectivity index (χ4v) is 1.92. The van der Waals surface area contributed by atoms with Crippen LogP contribution in [-0.4, -0.2) is 10.2 Å². The number of nitrogen functional groups attached to an aromatic ring is 1. The molecule has 2 rings (SSSR count). The van der Waals surface area contributed by atoms with Gasteiger partial charge in [-0.3, -0.25) is 0 Å². The zero-order chi connectivity index (χ0) is 11.5. The lowest BCUT2D eigenvalue weighted by Gasteiger charge is -1.99. The van der Waals surface area contributed by atoms with Gasteiger partial charge in [-0.2, -0.15) is 0 Å². The molecule has 0 radical (unpaired) electrons. The number of rotatable bonds is 3. The largest absolute Gasteiger partial charge is 0.374 e. The normalized spacial score (nSPS) is 10.6. The Balaban J connectivity index is 2.02. The highest BCUT2D eigenvalue weighted by atomic mass is 32.1. The van der Waals surface area contributed by atoms with Gasteiger partial charge in [-0.05, 0) is 24.1 Å². The topological polar surface area (TPSA) is 51.8 Å². The highest BCUT2D eigenvalue weighted by Crippen LogP contribution is 2.15. The van der Waals surface area contributed by atoms with Crippen LogP contribution >= 0.6 is 11.3 Å². The molecular weight excluding hydrogens is 232 g/mol. The summed E-state index contributed by atoms with van der Waals surface area (Å²) in [5.41, 5.74) is 6.16. The summed E-state index contributed by atoms with van der Waals surface area (Å²) >= 11 is 1.30. The molecule has 84 valence electrons. The van der Waals surface area contributed by atoms with E-state index in [9.17, 15) is 8.78 Å². The minimum Gasteiger partial charge on any atom is -0.374 e. The second-order valence-electron chi connectivity index (χ2n) is 3.28. The van der Waals surface area contributed by atoms with Crippen molar-refractivity contribution in [1.29, 1.82) is 0 Å². The standard InChI is InChI=1S/C10H9F2N3S/c11-7-3-1-6(5-8(7)12)2-4-9-14-15-10(13)16-9/h1,3,5H,2,4H2,(H2,13,15). The van der Waals surface area contributed by atoms with E-state index in [2.05, 4.69) is 10.2 Å². The molecule has 0 aliphatic heterocycles. The van der Waals surface area contributed by atoms with Crippen molar-refractivity contribution in [3.63, 3.8) is 0 Å². The van der Waals surface area contributed by atoms with Crippen molar-refractivity contribution in [1.82, 2.24) is 10.2 Å². The number of nitrogens with two attached hydrogens (primary N) is 1. The minimum atomic E-state index is -0.830. The van der Waals surface area contributed by atoms with Crippen molar-refractivity contribution in [2.75, 3.05) is 5.73 Å². The van der Waals surface area contributed by atoms with Gasteiger partial charge in [0.1, 0.15) is 5.01 Å². The Labute approximate surface area is 94.9 Å². The Morgan fingerprint density at radius 1 is 1.12 bits per heavy atom. The van der Waals surface area contributed by atoms with Crippen molar-refractivity contribution in [3.8, 4) is 0 Å². The zero-order valence-corrected chi connectivity index (χ0v) is 9.10. The molecule has 0 saturated heterocycles. The van der Waals surface area contributed by atoms with Crippen LogP contribution in [-0.2, 0) is 12.8 Å².